The fraction of sp³-hybridized carbons (Fsp3) is 0.533. The van der Waals surface area contributed by atoms with Crippen LogP contribution in [0.1, 0.15) is 31.4 Å². The molecule has 1 aromatic carbocycles. The molecular formula is C15H24ClFN2O2. The first-order valence-electron chi connectivity index (χ1n) is 6.73. The molecule has 1 rings (SSSR count). The molecule has 120 valence electrons. The second kappa shape index (κ2) is 9.71. The maximum Gasteiger partial charge on any atom is 0.237 e. The maximum absolute atomic E-state index is 13.4. The van der Waals surface area contributed by atoms with Gasteiger partial charge in [0.15, 0.2) is 0 Å². The largest absolute Gasteiger partial charge is 0.380 e. The summed E-state index contributed by atoms with van der Waals surface area (Å²) in [5, 5.41) is 2.77. The Balaban J connectivity index is 0.00000400. The van der Waals surface area contributed by atoms with Crippen LogP contribution in [0.2, 0.25) is 0 Å². The van der Waals surface area contributed by atoms with Gasteiger partial charge in [-0.15, -0.1) is 12.4 Å². The van der Waals surface area contributed by atoms with Crippen LogP contribution in [0.5, 0.6) is 0 Å². The van der Waals surface area contributed by atoms with Gasteiger partial charge >= 0.3 is 0 Å². The van der Waals surface area contributed by atoms with Crippen molar-refractivity contribution >= 4 is 18.3 Å². The molecule has 0 aliphatic carbocycles. The summed E-state index contributed by atoms with van der Waals surface area (Å²) in [4.78, 5) is 11.8. The zero-order valence-electron chi connectivity index (χ0n) is 12.7. The summed E-state index contributed by atoms with van der Waals surface area (Å²) in [7, 11) is 1.51. The molecule has 0 spiro atoms. The van der Waals surface area contributed by atoms with E-state index in [1.54, 1.807) is 12.1 Å². The Morgan fingerprint density at radius 1 is 1.43 bits per heavy atom. The third kappa shape index (κ3) is 6.89. The number of nitrogens with one attached hydrogen (secondary N) is 1. The van der Waals surface area contributed by atoms with Crippen molar-refractivity contribution in [2.24, 2.45) is 11.7 Å². The predicted molar refractivity (Wildman–Crippen MR) is 83.6 cm³/mol. The van der Waals surface area contributed by atoms with Crippen molar-refractivity contribution < 1.29 is 13.9 Å². The fourth-order valence-corrected chi connectivity index (χ4v) is 1.94. The molecule has 0 aliphatic heterocycles. The van der Waals surface area contributed by atoms with Gasteiger partial charge in [-0.3, -0.25) is 4.79 Å². The lowest BCUT2D eigenvalue weighted by molar-refractivity contribution is -0.122. The normalized spacial score (nSPS) is 11.9. The van der Waals surface area contributed by atoms with Crippen LogP contribution in [0.3, 0.4) is 0 Å². The van der Waals surface area contributed by atoms with Crippen molar-refractivity contribution in [2.75, 3.05) is 7.11 Å². The lowest BCUT2D eigenvalue weighted by Crippen LogP contribution is -2.41. The van der Waals surface area contributed by atoms with Gasteiger partial charge < -0.3 is 15.8 Å². The van der Waals surface area contributed by atoms with Gasteiger partial charge in [-0.05, 0) is 30.0 Å². The van der Waals surface area contributed by atoms with Crippen molar-refractivity contribution in [2.45, 2.75) is 39.5 Å². The Bertz CT molecular complexity index is 455. The van der Waals surface area contributed by atoms with Gasteiger partial charge in [0.1, 0.15) is 5.82 Å². The first-order chi connectivity index (χ1) is 9.43. The molecule has 0 saturated carbocycles. The second-order valence-electron chi connectivity index (χ2n) is 5.31. The Hall–Kier alpha value is -1.17. The predicted octanol–water partition coefficient (Wildman–Crippen LogP) is 2.38. The number of ether oxygens (including phenoxy) is 1. The van der Waals surface area contributed by atoms with Gasteiger partial charge in [0, 0.05) is 19.2 Å². The fourth-order valence-electron chi connectivity index (χ4n) is 1.94. The molecule has 4 nitrogen and oxygen atoms in total. The van der Waals surface area contributed by atoms with Gasteiger partial charge in [0.05, 0.1) is 12.6 Å². The summed E-state index contributed by atoms with van der Waals surface area (Å²) in [5.41, 5.74) is 7.09. The number of hydrogen-bond acceptors (Lipinski definition) is 3. The molecule has 6 heteroatoms. The minimum atomic E-state index is -0.506. The average Bonchev–Trinajstić information content (AvgIpc) is 2.38. The number of carbonyl (C=O) groups is 1. The van der Waals surface area contributed by atoms with Crippen LogP contribution in [-0.2, 0) is 22.7 Å². The molecule has 0 radical (unpaired) electrons. The van der Waals surface area contributed by atoms with Crippen LogP contribution < -0.4 is 11.1 Å². The number of halogens is 2. The molecule has 0 aliphatic rings. The lowest BCUT2D eigenvalue weighted by Gasteiger charge is -2.14. The number of hydrogen-bond donors (Lipinski definition) is 2. The van der Waals surface area contributed by atoms with Gasteiger partial charge in [-0.25, -0.2) is 4.39 Å². The minimum absolute atomic E-state index is 0. The summed E-state index contributed by atoms with van der Waals surface area (Å²) >= 11 is 0. The number of amides is 1. The molecule has 1 amide bonds. The summed E-state index contributed by atoms with van der Waals surface area (Å²) < 4.78 is 18.4. The Labute approximate surface area is 131 Å². The highest BCUT2D eigenvalue weighted by molar-refractivity contribution is 5.85. The average molecular weight is 319 g/mol. The molecule has 0 bridgehead atoms. The summed E-state index contributed by atoms with van der Waals surface area (Å²) in [5.74, 6) is -0.121. The monoisotopic (exact) mass is 318 g/mol. The molecule has 21 heavy (non-hydrogen) atoms. The van der Waals surface area contributed by atoms with Crippen molar-refractivity contribution in [1.29, 1.82) is 0 Å². The Morgan fingerprint density at radius 3 is 2.67 bits per heavy atom. The molecule has 0 fully saturated rings. The van der Waals surface area contributed by atoms with E-state index >= 15 is 0 Å². The van der Waals surface area contributed by atoms with E-state index in [0.717, 1.165) is 5.56 Å². The Kier molecular flexibility index (Phi) is 9.17. The minimum Gasteiger partial charge on any atom is -0.380 e. The quantitative estimate of drug-likeness (QED) is 0.811. The number of nitrogens with two attached hydrogens (primary N) is 1. The Morgan fingerprint density at radius 2 is 2.10 bits per heavy atom. The van der Waals surface area contributed by atoms with E-state index in [1.807, 2.05) is 13.8 Å². The van der Waals surface area contributed by atoms with E-state index < -0.39 is 6.04 Å². The van der Waals surface area contributed by atoms with Gasteiger partial charge in [0.25, 0.3) is 0 Å². The van der Waals surface area contributed by atoms with E-state index in [-0.39, 0.29) is 30.7 Å². The summed E-state index contributed by atoms with van der Waals surface area (Å²) in [6.45, 7) is 4.58. The van der Waals surface area contributed by atoms with Crippen LogP contribution in [0.4, 0.5) is 4.39 Å². The van der Waals surface area contributed by atoms with Crippen molar-refractivity contribution in [1.82, 2.24) is 5.32 Å². The van der Waals surface area contributed by atoms with Crippen LogP contribution in [0.25, 0.3) is 0 Å². The second-order valence-corrected chi connectivity index (χ2v) is 5.31. The van der Waals surface area contributed by atoms with E-state index in [0.29, 0.717) is 24.4 Å². The SMILES string of the molecule is COCc1cc(CNC(=O)[C@@H](N)CC(C)C)ccc1F.Cl. The molecule has 1 atom stereocenters. The first kappa shape index (κ1) is 19.8. The molecule has 0 saturated heterocycles. The van der Waals surface area contributed by atoms with Crippen LogP contribution in [0, 0.1) is 11.7 Å². The first-order valence-corrected chi connectivity index (χ1v) is 6.73. The topological polar surface area (TPSA) is 64.3 Å². The number of rotatable bonds is 7. The highest BCUT2D eigenvalue weighted by Crippen LogP contribution is 2.12. The van der Waals surface area contributed by atoms with Gasteiger partial charge in [0.2, 0.25) is 5.91 Å². The third-order valence-corrected chi connectivity index (χ3v) is 2.94. The summed E-state index contributed by atoms with van der Waals surface area (Å²) in [6.07, 6.45) is 0.643. The van der Waals surface area contributed by atoms with Gasteiger partial charge in [-0.2, -0.15) is 0 Å². The van der Waals surface area contributed by atoms with E-state index in [4.69, 9.17) is 10.5 Å². The molecule has 3 N–H and O–H groups in total. The number of carbonyl (C=O) groups excluding carboxylic acids is 1. The van der Waals surface area contributed by atoms with Crippen molar-refractivity contribution in [3.8, 4) is 0 Å². The van der Waals surface area contributed by atoms with Crippen LogP contribution in [0.15, 0.2) is 18.2 Å². The zero-order chi connectivity index (χ0) is 15.1. The van der Waals surface area contributed by atoms with Crippen molar-refractivity contribution in [3.63, 3.8) is 0 Å². The van der Waals surface area contributed by atoms with Crippen molar-refractivity contribution in [3.05, 3.63) is 35.1 Å². The zero-order valence-corrected chi connectivity index (χ0v) is 13.5. The molecule has 0 unspecified atom stereocenters. The molecule has 1 aromatic rings. The molecule has 0 heterocycles. The third-order valence-electron chi connectivity index (χ3n) is 2.94. The van der Waals surface area contributed by atoms with Gasteiger partial charge in [-0.1, -0.05) is 19.9 Å². The van der Waals surface area contributed by atoms with Crippen LogP contribution in [-0.4, -0.2) is 19.1 Å². The molecule has 0 aromatic heterocycles. The van der Waals surface area contributed by atoms with E-state index in [1.165, 1.54) is 13.2 Å². The van der Waals surface area contributed by atoms with E-state index in [9.17, 15) is 9.18 Å². The smallest absolute Gasteiger partial charge is 0.237 e. The highest BCUT2D eigenvalue weighted by Gasteiger charge is 2.14. The maximum atomic E-state index is 13.4. The van der Waals surface area contributed by atoms with E-state index in [2.05, 4.69) is 5.32 Å². The highest BCUT2D eigenvalue weighted by atomic mass is 35.5. The number of methoxy groups -OCH3 is 1. The van der Waals surface area contributed by atoms with Crippen LogP contribution >= 0.6 is 12.4 Å². The standard InChI is InChI=1S/C15H23FN2O2.ClH/c1-10(2)6-14(17)15(19)18-8-11-4-5-13(16)12(7-11)9-20-3;/h4-5,7,10,14H,6,8-9,17H2,1-3H3,(H,18,19);1H/t14-;/m0./s1. The molecular weight excluding hydrogens is 295 g/mol. The summed E-state index contributed by atoms with van der Waals surface area (Å²) in [6, 6.07) is 4.20. The number of benzene rings is 1. The lowest BCUT2D eigenvalue weighted by atomic mass is 10.0.